The van der Waals surface area contributed by atoms with Gasteiger partial charge in [0.05, 0.1) is 25.3 Å². The van der Waals surface area contributed by atoms with Crippen LogP contribution in [0.15, 0.2) is 78.4 Å². The predicted octanol–water partition coefficient (Wildman–Crippen LogP) is 6.25. The second-order valence-corrected chi connectivity index (χ2v) is 9.22. The Kier molecular flexibility index (Phi) is 7.85. The monoisotopic (exact) mass is 541 g/mol. The number of methoxy groups -OCH3 is 1. The topological polar surface area (TPSA) is 85.3 Å². The molecule has 39 heavy (non-hydrogen) atoms. The standard InChI is InChI=1S/C29H26F3NO6/c1-17(2)16-38-22-8-4-6-19(14-22)26(34)24-25(18-10-12-21(37-3)13-11-18)33(28(36)27(24)35)20-7-5-9-23(15-20)39-29(30,31)32/h4-15,17,25,34H,16H2,1-3H3/b26-24+. The molecule has 1 aliphatic rings. The van der Waals surface area contributed by atoms with Crippen molar-refractivity contribution in [3.8, 4) is 17.2 Å². The summed E-state index contributed by atoms with van der Waals surface area (Å²) in [6.45, 7) is 4.39. The molecule has 1 fully saturated rings. The Morgan fingerprint density at radius 3 is 2.26 bits per heavy atom. The number of hydrogen-bond donors (Lipinski definition) is 1. The Bertz CT molecular complexity index is 1400. The highest BCUT2D eigenvalue weighted by Gasteiger charge is 2.47. The van der Waals surface area contributed by atoms with E-state index < -0.39 is 35.6 Å². The van der Waals surface area contributed by atoms with Crippen molar-refractivity contribution >= 4 is 23.1 Å². The molecule has 1 atom stereocenters. The van der Waals surface area contributed by atoms with Gasteiger partial charge < -0.3 is 19.3 Å². The molecule has 1 saturated heterocycles. The Labute approximate surface area is 223 Å². The highest BCUT2D eigenvalue weighted by molar-refractivity contribution is 6.51. The molecule has 7 nitrogen and oxygen atoms in total. The molecule has 204 valence electrons. The first-order valence-electron chi connectivity index (χ1n) is 12.0. The summed E-state index contributed by atoms with van der Waals surface area (Å²) in [5.41, 5.74) is 0.411. The molecule has 0 saturated carbocycles. The Morgan fingerprint density at radius 2 is 1.62 bits per heavy atom. The Morgan fingerprint density at radius 1 is 0.949 bits per heavy atom. The first-order chi connectivity index (χ1) is 18.5. The highest BCUT2D eigenvalue weighted by atomic mass is 19.4. The maximum absolute atomic E-state index is 13.3. The molecule has 0 bridgehead atoms. The molecule has 1 aliphatic heterocycles. The summed E-state index contributed by atoms with van der Waals surface area (Å²) in [5, 5.41) is 11.3. The zero-order valence-electron chi connectivity index (χ0n) is 21.4. The predicted molar refractivity (Wildman–Crippen MR) is 138 cm³/mol. The lowest BCUT2D eigenvalue weighted by molar-refractivity contribution is -0.274. The molecule has 3 aromatic rings. The fourth-order valence-corrected chi connectivity index (χ4v) is 4.18. The third kappa shape index (κ3) is 6.17. The lowest BCUT2D eigenvalue weighted by atomic mass is 9.95. The van der Waals surface area contributed by atoms with E-state index in [1.165, 1.54) is 19.2 Å². The van der Waals surface area contributed by atoms with Gasteiger partial charge in [-0.2, -0.15) is 0 Å². The molecule has 0 spiro atoms. The minimum Gasteiger partial charge on any atom is -0.507 e. The molecule has 1 N–H and O–H groups in total. The third-order valence-corrected chi connectivity index (χ3v) is 5.90. The number of halogens is 3. The molecule has 1 heterocycles. The van der Waals surface area contributed by atoms with Crippen LogP contribution in [0.2, 0.25) is 0 Å². The molecule has 10 heteroatoms. The van der Waals surface area contributed by atoms with E-state index in [9.17, 15) is 27.9 Å². The number of ketones is 1. The molecule has 4 rings (SSSR count). The van der Waals surface area contributed by atoms with Crippen LogP contribution in [-0.4, -0.2) is 36.9 Å². The third-order valence-electron chi connectivity index (χ3n) is 5.90. The fourth-order valence-electron chi connectivity index (χ4n) is 4.18. The average molecular weight is 542 g/mol. The number of aliphatic hydroxyl groups is 1. The van der Waals surface area contributed by atoms with Crippen molar-refractivity contribution < 1.29 is 42.1 Å². The number of hydrogen-bond acceptors (Lipinski definition) is 6. The molecule has 3 aromatic carbocycles. The van der Waals surface area contributed by atoms with Gasteiger partial charge in [0.1, 0.15) is 23.0 Å². The number of Topliss-reactive ketones (excluding diaryl/α,β-unsaturated/α-hetero) is 1. The molecule has 0 aromatic heterocycles. The lowest BCUT2D eigenvalue weighted by Gasteiger charge is -2.26. The number of alkyl halides is 3. The Hall–Kier alpha value is -4.47. The zero-order valence-corrected chi connectivity index (χ0v) is 21.4. The van der Waals surface area contributed by atoms with Gasteiger partial charge >= 0.3 is 6.36 Å². The number of amides is 1. The van der Waals surface area contributed by atoms with Gasteiger partial charge in [0.25, 0.3) is 11.7 Å². The molecule has 0 radical (unpaired) electrons. The van der Waals surface area contributed by atoms with Crippen LogP contribution in [-0.2, 0) is 9.59 Å². The first kappa shape index (κ1) is 27.6. The van der Waals surface area contributed by atoms with Crippen molar-refractivity contribution in [2.24, 2.45) is 5.92 Å². The number of rotatable bonds is 8. The summed E-state index contributed by atoms with van der Waals surface area (Å²) in [6.07, 6.45) is -4.95. The number of benzene rings is 3. The number of carbonyl (C=O) groups is 2. The smallest absolute Gasteiger partial charge is 0.507 e. The molecule has 0 aliphatic carbocycles. The maximum atomic E-state index is 13.3. The van der Waals surface area contributed by atoms with Crippen molar-refractivity contribution in [3.63, 3.8) is 0 Å². The minimum absolute atomic E-state index is 0.0206. The second kappa shape index (κ2) is 11.1. The van der Waals surface area contributed by atoms with E-state index in [0.717, 1.165) is 17.0 Å². The molecule has 1 unspecified atom stereocenters. The fraction of sp³-hybridized carbons (Fsp3) is 0.241. The van der Waals surface area contributed by atoms with Crippen LogP contribution < -0.4 is 19.1 Å². The van der Waals surface area contributed by atoms with E-state index in [1.807, 2.05) is 13.8 Å². The number of carbonyl (C=O) groups excluding carboxylic acids is 2. The number of aliphatic hydroxyl groups excluding tert-OH is 1. The van der Waals surface area contributed by atoms with Crippen LogP contribution in [0.25, 0.3) is 5.76 Å². The SMILES string of the molecule is COc1ccc(C2/C(=C(\O)c3cccc(OCC(C)C)c3)C(=O)C(=O)N2c2cccc(OC(F)(F)F)c2)cc1. The van der Waals surface area contributed by atoms with Gasteiger partial charge in [-0.3, -0.25) is 14.5 Å². The van der Waals surface area contributed by atoms with E-state index in [0.29, 0.717) is 23.7 Å². The van der Waals surface area contributed by atoms with Crippen molar-refractivity contribution in [3.05, 3.63) is 89.5 Å². The van der Waals surface area contributed by atoms with Crippen LogP contribution in [0.3, 0.4) is 0 Å². The van der Waals surface area contributed by atoms with Crippen LogP contribution >= 0.6 is 0 Å². The molecular weight excluding hydrogens is 515 g/mol. The number of ether oxygens (including phenoxy) is 3. The summed E-state index contributed by atoms with van der Waals surface area (Å²) >= 11 is 0. The molecular formula is C29H26F3NO6. The summed E-state index contributed by atoms with van der Waals surface area (Å²) in [7, 11) is 1.47. The van der Waals surface area contributed by atoms with E-state index in [-0.39, 0.29) is 22.7 Å². The summed E-state index contributed by atoms with van der Waals surface area (Å²) in [4.78, 5) is 27.7. The first-order valence-corrected chi connectivity index (χ1v) is 12.0. The largest absolute Gasteiger partial charge is 0.573 e. The van der Waals surface area contributed by atoms with Gasteiger partial charge in [-0.1, -0.05) is 44.2 Å². The average Bonchev–Trinajstić information content (AvgIpc) is 3.16. The van der Waals surface area contributed by atoms with Gasteiger partial charge in [-0.25, -0.2) is 0 Å². The van der Waals surface area contributed by atoms with Gasteiger partial charge in [0.15, 0.2) is 0 Å². The normalized spacial score (nSPS) is 17.0. The number of anilines is 1. The summed E-state index contributed by atoms with van der Waals surface area (Å²) in [6, 6.07) is 16.5. The highest BCUT2D eigenvalue weighted by Crippen LogP contribution is 2.43. The number of nitrogens with zero attached hydrogens (tertiary/aromatic N) is 1. The van der Waals surface area contributed by atoms with Gasteiger partial charge in [-0.05, 0) is 47.9 Å². The maximum Gasteiger partial charge on any atom is 0.573 e. The Balaban J connectivity index is 1.85. The minimum atomic E-state index is -4.95. The quantitative estimate of drug-likeness (QED) is 0.206. The van der Waals surface area contributed by atoms with Crippen molar-refractivity contribution in [2.75, 3.05) is 18.6 Å². The van der Waals surface area contributed by atoms with Gasteiger partial charge in [0.2, 0.25) is 0 Å². The van der Waals surface area contributed by atoms with Crippen molar-refractivity contribution in [1.29, 1.82) is 0 Å². The van der Waals surface area contributed by atoms with Crippen LogP contribution in [0.1, 0.15) is 31.0 Å². The van der Waals surface area contributed by atoms with Crippen LogP contribution in [0.4, 0.5) is 18.9 Å². The van der Waals surface area contributed by atoms with E-state index in [1.54, 1.807) is 48.5 Å². The summed E-state index contributed by atoms with van der Waals surface area (Å²) in [5.74, 6) is -1.82. The second-order valence-electron chi connectivity index (χ2n) is 9.22. The van der Waals surface area contributed by atoms with Gasteiger partial charge in [-0.15, -0.1) is 13.2 Å². The van der Waals surface area contributed by atoms with E-state index in [2.05, 4.69) is 4.74 Å². The van der Waals surface area contributed by atoms with E-state index >= 15 is 0 Å². The van der Waals surface area contributed by atoms with Crippen molar-refractivity contribution in [1.82, 2.24) is 0 Å². The van der Waals surface area contributed by atoms with Crippen molar-refractivity contribution in [2.45, 2.75) is 26.3 Å². The summed E-state index contributed by atoms with van der Waals surface area (Å²) < 4.78 is 53.6. The van der Waals surface area contributed by atoms with Crippen LogP contribution in [0.5, 0.6) is 17.2 Å². The van der Waals surface area contributed by atoms with Crippen LogP contribution in [0, 0.1) is 5.92 Å². The van der Waals surface area contributed by atoms with Gasteiger partial charge in [0, 0.05) is 17.3 Å². The lowest BCUT2D eigenvalue weighted by Crippen LogP contribution is -2.29. The molecule has 1 amide bonds. The zero-order chi connectivity index (χ0) is 28.3. The van der Waals surface area contributed by atoms with E-state index in [4.69, 9.17) is 9.47 Å².